The fourth-order valence-electron chi connectivity index (χ4n) is 2.26. The van der Waals surface area contributed by atoms with Crippen LogP contribution >= 0.6 is 22.9 Å². The highest BCUT2D eigenvalue weighted by Crippen LogP contribution is 2.32. The van der Waals surface area contributed by atoms with Gasteiger partial charge in [-0.05, 0) is 48.7 Å². The SMILES string of the molecule is Cc1ccc(Oc2ccc(Cl)cc2NC(=O)CNS(=O)(=O)c2cccs2)cc1. The maximum Gasteiger partial charge on any atom is 0.250 e. The first-order chi connectivity index (χ1) is 13.3. The number of halogens is 1. The Bertz CT molecular complexity index is 1070. The average Bonchev–Trinajstić information content (AvgIpc) is 3.20. The molecule has 28 heavy (non-hydrogen) atoms. The summed E-state index contributed by atoms with van der Waals surface area (Å²) in [6.07, 6.45) is 0. The van der Waals surface area contributed by atoms with Gasteiger partial charge in [0, 0.05) is 5.02 Å². The van der Waals surface area contributed by atoms with Crippen LogP contribution in [0.25, 0.3) is 0 Å². The Morgan fingerprint density at radius 1 is 1.14 bits per heavy atom. The van der Waals surface area contributed by atoms with Gasteiger partial charge < -0.3 is 10.1 Å². The van der Waals surface area contributed by atoms with Crippen LogP contribution in [0.1, 0.15) is 5.56 Å². The fourth-order valence-corrected chi connectivity index (χ4v) is 4.46. The van der Waals surface area contributed by atoms with Crippen molar-refractivity contribution in [2.75, 3.05) is 11.9 Å². The topological polar surface area (TPSA) is 84.5 Å². The average molecular weight is 437 g/mol. The number of thiophene rings is 1. The summed E-state index contributed by atoms with van der Waals surface area (Å²) in [7, 11) is -3.72. The lowest BCUT2D eigenvalue weighted by molar-refractivity contribution is -0.115. The number of hydrogen-bond donors (Lipinski definition) is 2. The van der Waals surface area contributed by atoms with Crippen molar-refractivity contribution >= 4 is 44.6 Å². The van der Waals surface area contributed by atoms with Crippen molar-refractivity contribution in [2.45, 2.75) is 11.1 Å². The quantitative estimate of drug-likeness (QED) is 0.574. The molecule has 0 saturated heterocycles. The highest BCUT2D eigenvalue weighted by atomic mass is 35.5. The van der Waals surface area contributed by atoms with Gasteiger partial charge in [0.15, 0.2) is 5.75 Å². The molecule has 0 aliphatic rings. The molecule has 0 atom stereocenters. The number of aryl methyl sites for hydroxylation is 1. The van der Waals surface area contributed by atoms with E-state index in [0.717, 1.165) is 16.9 Å². The van der Waals surface area contributed by atoms with Gasteiger partial charge in [-0.25, -0.2) is 13.1 Å². The van der Waals surface area contributed by atoms with E-state index < -0.39 is 22.5 Å². The van der Waals surface area contributed by atoms with Crippen molar-refractivity contribution in [1.29, 1.82) is 0 Å². The van der Waals surface area contributed by atoms with E-state index in [9.17, 15) is 13.2 Å². The van der Waals surface area contributed by atoms with Crippen molar-refractivity contribution in [3.05, 3.63) is 70.6 Å². The molecule has 1 heterocycles. The van der Waals surface area contributed by atoms with Crippen LogP contribution in [0.5, 0.6) is 11.5 Å². The lowest BCUT2D eigenvalue weighted by Crippen LogP contribution is -2.32. The van der Waals surface area contributed by atoms with Gasteiger partial charge in [0.05, 0.1) is 12.2 Å². The predicted molar refractivity (Wildman–Crippen MR) is 111 cm³/mol. The second-order valence-electron chi connectivity index (χ2n) is 5.86. The van der Waals surface area contributed by atoms with E-state index in [1.165, 1.54) is 12.1 Å². The molecule has 2 N–H and O–H groups in total. The standard InChI is InChI=1S/C19H17ClN2O4S2/c1-13-4-7-15(8-5-13)26-17-9-6-14(20)11-16(17)22-18(23)12-21-28(24,25)19-3-2-10-27-19/h2-11,21H,12H2,1H3,(H,22,23). The van der Waals surface area contributed by atoms with E-state index in [1.807, 2.05) is 31.2 Å². The number of sulfonamides is 1. The number of ether oxygens (including phenoxy) is 1. The summed E-state index contributed by atoms with van der Waals surface area (Å²) < 4.78 is 32.5. The fraction of sp³-hybridized carbons (Fsp3) is 0.105. The summed E-state index contributed by atoms with van der Waals surface area (Å²) in [5, 5.41) is 4.69. The molecule has 3 aromatic rings. The summed E-state index contributed by atoms with van der Waals surface area (Å²) in [4.78, 5) is 12.3. The molecule has 9 heteroatoms. The van der Waals surface area contributed by atoms with Gasteiger partial charge in [0.25, 0.3) is 10.0 Å². The highest BCUT2D eigenvalue weighted by Gasteiger charge is 2.17. The number of carbonyl (C=O) groups excluding carboxylic acids is 1. The zero-order valence-electron chi connectivity index (χ0n) is 14.8. The molecular weight excluding hydrogens is 420 g/mol. The van der Waals surface area contributed by atoms with Crippen LogP contribution in [0.2, 0.25) is 5.02 Å². The molecule has 0 saturated carbocycles. The van der Waals surface area contributed by atoms with Gasteiger partial charge in [-0.1, -0.05) is 35.4 Å². The molecule has 0 fully saturated rings. The van der Waals surface area contributed by atoms with Crippen molar-refractivity contribution < 1.29 is 17.9 Å². The molecule has 0 aliphatic carbocycles. The summed E-state index contributed by atoms with van der Waals surface area (Å²) in [6.45, 7) is 1.55. The van der Waals surface area contributed by atoms with E-state index >= 15 is 0 Å². The summed E-state index contributed by atoms with van der Waals surface area (Å²) in [5.41, 5.74) is 1.43. The zero-order valence-corrected chi connectivity index (χ0v) is 17.2. The van der Waals surface area contributed by atoms with Crippen LogP contribution in [0.15, 0.2) is 64.2 Å². The van der Waals surface area contributed by atoms with Gasteiger partial charge >= 0.3 is 0 Å². The number of rotatable bonds is 7. The van der Waals surface area contributed by atoms with Crippen LogP contribution in [0.4, 0.5) is 5.69 Å². The Balaban J connectivity index is 1.70. The normalized spacial score (nSPS) is 11.2. The van der Waals surface area contributed by atoms with Gasteiger partial charge in [0.1, 0.15) is 9.96 Å². The lowest BCUT2D eigenvalue weighted by atomic mass is 10.2. The zero-order chi connectivity index (χ0) is 20.1. The van der Waals surface area contributed by atoms with Crippen molar-refractivity contribution in [2.24, 2.45) is 0 Å². The van der Waals surface area contributed by atoms with E-state index in [4.69, 9.17) is 16.3 Å². The molecule has 6 nitrogen and oxygen atoms in total. The molecule has 0 radical (unpaired) electrons. The number of benzene rings is 2. The Hall–Kier alpha value is -2.39. The molecule has 0 aliphatic heterocycles. The van der Waals surface area contributed by atoms with Crippen LogP contribution in [0, 0.1) is 6.92 Å². The smallest absolute Gasteiger partial charge is 0.250 e. The molecular formula is C19H17ClN2O4S2. The number of amides is 1. The van der Waals surface area contributed by atoms with E-state index in [1.54, 1.807) is 23.6 Å². The number of anilines is 1. The maximum absolute atomic E-state index is 12.3. The van der Waals surface area contributed by atoms with Crippen LogP contribution < -0.4 is 14.8 Å². The molecule has 0 bridgehead atoms. The minimum Gasteiger partial charge on any atom is -0.455 e. The summed E-state index contributed by atoms with van der Waals surface area (Å²) in [5.74, 6) is 0.445. The van der Waals surface area contributed by atoms with E-state index in [2.05, 4.69) is 10.0 Å². The molecule has 1 amide bonds. The molecule has 0 spiro atoms. The van der Waals surface area contributed by atoms with Crippen molar-refractivity contribution in [3.63, 3.8) is 0 Å². The number of carbonyl (C=O) groups is 1. The van der Waals surface area contributed by atoms with Crippen LogP contribution in [-0.4, -0.2) is 20.9 Å². The van der Waals surface area contributed by atoms with Crippen LogP contribution in [-0.2, 0) is 14.8 Å². The first kappa shape index (κ1) is 20.3. The van der Waals surface area contributed by atoms with E-state index in [0.29, 0.717) is 22.2 Å². The second kappa shape index (κ2) is 8.74. The first-order valence-corrected chi connectivity index (χ1v) is 10.9. The molecule has 146 valence electrons. The third-order valence-electron chi connectivity index (χ3n) is 3.65. The molecule has 0 unspecified atom stereocenters. The lowest BCUT2D eigenvalue weighted by Gasteiger charge is -2.13. The Kier molecular flexibility index (Phi) is 6.35. The largest absolute Gasteiger partial charge is 0.455 e. The highest BCUT2D eigenvalue weighted by molar-refractivity contribution is 7.91. The van der Waals surface area contributed by atoms with Crippen molar-refractivity contribution in [1.82, 2.24) is 4.72 Å². The Morgan fingerprint density at radius 2 is 1.89 bits per heavy atom. The predicted octanol–water partition coefficient (Wildman–Crippen LogP) is 4.42. The van der Waals surface area contributed by atoms with E-state index in [-0.39, 0.29) is 4.21 Å². The van der Waals surface area contributed by atoms with Gasteiger partial charge in [-0.15, -0.1) is 11.3 Å². The second-order valence-corrected chi connectivity index (χ2v) is 9.24. The third kappa shape index (κ3) is 5.32. The third-order valence-corrected chi connectivity index (χ3v) is 6.68. The van der Waals surface area contributed by atoms with Crippen molar-refractivity contribution in [3.8, 4) is 11.5 Å². The summed E-state index contributed by atoms with van der Waals surface area (Å²) >= 11 is 7.10. The molecule has 3 rings (SSSR count). The molecule has 2 aromatic carbocycles. The van der Waals surface area contributed by atoms with Gasteiger partial charge in [0.2, 0.25) is 5.91 Å². The summed E-state index contributed by atoms with van der Waals surface area (Å²) in [6, 6.07) is 15.3. The Labute approximate surface area is 172 Å². The minimum atomic E-state index is -3.72. The maximum atomic E-state index is 12.3. The van der Waals surface area contributed by atoms with Gasteiger partial charge in [-0.2, -0.15) is 0 Å². The number of nitrogens with one attached hydrogen (secondary N) is 2. The van der Waals surface area contributed by atoms with Gasteiger partial charge in [-0.3, -0.25) is 4.79 Å². The number of hydrogen-bond acceptors (Lipinski definition) is 5. The van der Waals surface area contributed by atoms with Crippen LogP contribution in [0.3, 0.4) is 0 Å². The first-order valence-electron chi connectivity index (χ1n) is 8.20. The minimum absolute atomic E-state index is 0.145. The Morgan fingerprint density at radius 3 is 2.57 bits per heavy atom. The monoisotopic (exact) mass is 436 g/mol. The molecule has 1 aromatic heterocycles.